The van der Waals surface area contributed by atoms with Crippen molar-refractivity contribution in [3.8, 4) is 0 Å². The molecule has 0 spiro atoms. The van der Waals surface area contributed by atoms with Gasteiger partial charge in [-0.05, 0) is 53.2 Å². The Hall–Kier alpha value is -0.910. The molecule has 0 bridgehead atoms. The molecular formula is C14H17BrFN3. The van der Waals surface area contributed by atoms with Crippen molar-refractivity contribution in [2.24, 2.45) is 0 Å². The number of aromatic amines is 1. The van der Waals surface area contributed by atoms with Crippen molar-refractivity contribution in [3.05, 3.63) is 34.2 Å². The topological polar surface area (TPSA) is 31.1 Å². The van der Waals surface area contributed by atoms with Crippen LogP contribution in [-0.2, 0) is 6.42 Å². The molecule has 1 aliphatic rings. The van der Waals surface area contributed by atoms with Crippen LogP contribution in [0.15, 0.2) is 22.8 Å². The quantitative estimate of drug-likeness (QED) is 0.889. The normalized spacial score (nSPS) is 21.1. The van der Waals surface area contributed by atoms with Crippen LogP contribution >= 0.6 is 15.9 Å². The number of hydrogen-bond donors (Lipinski definition) is 2. The van der Waals surface area contributed by atoms with E-state index >= 15 is 0 Å². The zero-order valence-electron chi connectivity index (χ0n) is 10.8. The monoisotopic (exact) mass is 325 g/mol. The number of fused-ring (bicyclic) bond motifs is 1. The molecule has 0 saturated carbocycles. The van der Waals surface area contributed by atoms with Gasteiger partial charge in [-0.15, -0.1) is 0 Å². The minimum atomic E-state index is -0.204. The Morgan fingerprint density at radius 1 is 1.47 bits per heavy atom. The highest BCUT2D eigenvalue weighted by Crippen LogP contribution is 2.29. The molecule has 0 amide bonds. The molecule has 0 aliphatic carbocycles. The van der Waals surface area contributed by atoms with Crippen LogP contribution < -0.4 is 5.32 Å². The van der Waals surface area contributed by atoms with Crippen LogP contribution in [0.4, 0.5) is 4.39 Å². The second kappa shape index (κ2) is 5.23. The standard InChI is InChI=1S/C14H17BrFN3/c1-19-5-4-17-8-10(19)7-12-11-3-2-9(16)6-13(11)18-14(12)15/h2-3,6,10,17-18H,4-5,7-8H2,1H3. The maximum absolute atomic E-state index is 13.2. The SMILES string of the molecule is CN1CCNCC1Cc1c(Br)[nH]c2cc(F)ccc12. The Labute approximate surface area is 120 Å². The number of piperazine rings is 1. The fraction of sp³-hybridized carbons (Fsp3) is 0.429. The van der Waals surface area contributed by atoms with Crippen molar-refractivity contribution < 1.29 is 4.39 Å². The van der Waals surface area contributed by atoms with Crippen molar-refractivity contribution in [3.63, 3.8) is 0 Å². The summed E-state index contributed by atoms with van der Waals surface area (Å²) in [5.74, 6) is -0.204. The molecule has 1 fully saturated rings. The van der Waals surface area contributed by atoms with Gasteiger partial charge in [0.05, 0.1) is 4.60 Å². The first-order chi connectivity index (χ1) is 9.15. The number of aromatic nitrogens is 1. The van der Waals surface area contributed by atoms with Gasteiger partial charge in [-0.3, -0.25) is 0 Å². The third-order valence-corrected chi connectivity index (χ3v) is 4.58. The molecule has 102 valence electrons. The van der Waals surface area contributed by atoms with E-state index in [1.807, 2.05) is 6.07 Å². The predicted molar refractivity (Wildman–Crippen MR) is 78.9 cm³/mol. The van der Waals surface area contributed by atoms with E-state index in [1.54, 1.807) is 6.07 Å². The molecule has 1 aromatic carbocycles. The van der Waals surface area contributed by atoms with E-state index in [-0.39, 0.29) is 5.82 Å². The minimum Gasteiger partial charge on any atom is -0.349 e. The van der Waals surface area contributed by atoms with Crippen LogP contribution in [0.25, 0.3) is 10.9 Å². The summed E-state index contributed by atoms with van der Waals surface area (Å²) >= 11 is 3.56. The molecule has 1 unspecified atom stereocenters. The van der Waals surface area contributed by atoms with Crippen molar-refractivity contribution in [2.75, 3.05) is 26.7 Å². The highest BCUT2D eigenvalue weighted by Gasteiger charge is 2.21. The van der Waals surface area contributed by atoms with E-state index in [1.165, 1.54) is 11.6 Å². The van der Waals surface area contributed by atoms with Crippen molar-refractivity contribution in [2.45, 2.75) is 12.5 Å². The minimum absolute atomic E-state index is 0.204. The predicted octanol–water partition coefficient (Wildman–Crippen LogP) is 2.52. The van der Waals surface area contributed by atoms with Gasteiger partial charge >= 0.3 is 0 Å². The average molecular weight is 326 g/mol. The molecule has 2 aromatic rings. The average Bonchev–Trinajstić information content (AvgIpc) is 2.68. The summed E-state index contributed by atoms with van der Waals surface area (Å²) in [6.07, 6.45) is 0.954. The van der Waals surface area contributed by atoms with E-state index in [4.69, 9.17) is 0 Å². The summed E-state index contributed by atoms with van der Waals surface area (Å²) in [4.78, 5) is 5.59. The van der Waals surface area contributed by atoms with E-state index in [0.717, 1.165) is 41.6 Å². The smallest absolute Gasteiger partial charge is 0.125 e. The van der Waals surface area contributed by atoms with Crippen molar-refractivity contribution in [1.29, 1.82) is 0 Å². The Morgan fingerprint density at radius 2 is 2.32 bits per heavy atom. The van der Waals surface area contributed by atoms with Gasteiger partial charge in [0.25, 0.3) is 0 Å². The maximum Gasteiger partial charge on any atom is 0.125 e. The van der Waals surface area contributed by atoms with E-state index in [2.05, 4.69) is 38.2 Å². The lowest BCUT2D eigenvalue weighted by atomic mass is 10.0. The number of nitrogens with zero attached hydrogens (tertiary/aromatic N) is 1. The van der Waals surface area contributed by atoms with Crippen LogP contribution in [-0.4, -0.2) is 42.6 Å². The Balaban J connectivity index is 1.93. The molecule has 0 radical (unpaired) electrons. The van der Waals surface area contributed by atoms with Crippen LogP contribution in [0.5, 0.6) is 0 Å². The van der Waals surface area contributed by atoms with Crippen molar-refractivity contribution in [1.82, 2.24) is 15.2 Å². The Bertz CT molecular complexity index is 596. The first kappa shape index (κ1) is 13.1. The van der Waals surface area contributed by atoms with Gasteiger partial charge in [-0.1, -0.05) is 0 Å². The van der Waals surface area contributed by atoms with Crippen molar-refractivity contribution >= 4 is 26.8 Å². The molecule has 1 aromatic heterocycles. The highest BCUT2D eigenvalue weighted by atomic mass is 79.9. The summed E-state index contributed by atoms with van der Waals surface area (Å²) in [7, 11) is 2.16. The summed E-state index contributed by atoms with van der Waals surface area (Å²) in [6.45, 7) is 3.11. The first-order valence-corrected chi connectivity index (χ1v) is 7.31. The molecule has 3 nitrogen and oxygen atoms in total. The Kier molecular flexibility index (Phi) is 3.60. The van der Waals surface area contributed by atoms with Gasteiger partial charge in [0.2, 0.25) is 0 Å². The third-order valence-electron chi connectivity index (χ3n) is 3.90. The lowest BCUT2D eigenvalue weighted by Crippen LogP contribution is -2.50. The molecule has 1 saturated heterocycles. The summed E-state index contributed by atoms with van der Waals surface area (Å²) in [5.41, 5.74) is 2.09. The Morgan fingerprint density at radius 3 is 3.11 bits per heavy atom. The van der Waals surface area contributed by atoms with Crippen LogP contribution in [0, 0.1) is 5.82 Å². The molecule has 3 rings (SSSR count). The van der Waals surface area contributed by atoms with E-state index in [0.29, 0.717) is 6.04 Å². The number of hydrogen-bond acceptors (Lipinski definition) is 2. The van der Waals surface area contributed by atoms with Gasteiger partial charge < -0.3 is 15.2 Å². The molecular weight excluding hydrogens is 309 g/mol. The fourth-order valence-electron chi connectivity index (χ4n) is 2.72. The molecule has 2 heterocycles. The number of halogens is 2. The molecule has 1 atom stereocenters. The number of likely N-dealkylation sites (N-methyl/N-ethyl adjacent to an activating group) is 1. The lowest BCUT2D eigenvalue weighted by molar-refractivity contribution is 0.199. The van der Waals surface area contributed by atoms with Gasteiger partial charge in [0, 0.05) is 36.6 Å². The summed E-state index contributed by atoms with van der Waals surface area (Å²) in [5, 5.41) is 4.53. The molecule has 19 heavy (non-hydrogen) atoms. The molecule has 2 N–H and O–H groups in total. The summed E-state index contributed by atoms with van der Waals surface area (Å²) < 4.78 is 14.2. The zero-order valence-corrected chi connectivity index (χ0v) is 12.4. The maximum atomic E-state index is 13.2. The van der Waals surface area contributed by atoms with Gasteiger partial charge in [-0.25, -0.2) is 4.39 Å². The van der Waals surface area contributed by atoms with Gasteiger partial charge in [0.1, 0.15) is 5.82 Å². The largest absolute Gasteiger partial charge is 0.349 e. The van der Waals surface area contributed by atoms with Gasteiger partial charge in [-0.2, -0.15) is 0 Å². The highest BCUT2D eigenvalue weighted by molar-refractivity contribution is 9.10. The van der Waals surface area contributed by atoms with Gasteiger partial charge in [0.15, 0.2) is 0 Å². The second-order valence-electron chi connectivity index (χ2n) is 5.15. The number of nitrogens with one attached hydrogen (secondary N) is 2. The first-order valence-electron chi connectivity index (χ1n) is 6.51. The fourth-order valence-corrected chi connectivity index (χ4v) is 3.31. The summed E-state index contributed by atoms with van der Waals surface area (Å²) in [6, 6.07) is 5.41. The third kappa shape index (κ3) is 2.55. The molecule has 5 heteroatoms. The molecule has 1 aliphatic heterocycles. The van der Waals surface area contributed by atoms with E-state index < -0.39 is 0 Å². The van der Waals surface area contributed by atoms with Crippen LogP contribution in [0.3, 0.4) is 0 Å². The van der Waals surface area contributed by atoms with Crippen LogP contribution in [0.1, 0.15) is 5.56 Å². The number of rotatable bonds is 2. The number of H-pyrrole nitrogens is 1. The number of benzene rings is 1. The van der Waals surface area contributed by atoms with Crippen LogP contribution in [0.2, 0.25) is 0 Å². The van der Waals surface area contributed by atoms with E-state index in [9.17, 15) is 4.39 Å². The lowest BCUT2D eigenvalue weighted by Gasteiger charge is -2.33. The zero-order chi connectivity index (χ0) is 13.4. The second-order valence-corrected chi connectivity index (χ2v) is 5.94.